The van der Waals surface area contributed by atoms with Crippen LogP contribution in [0, 0.1) is 0 Å². The Morgan fingerprint density at radius 1 is 1.14 bits per heavy atom. The molecule has 140 valence electrons. The summed E-state index contributed by atoms with van der Waals surface area (Å²) in [6, 6.07) is 18.7. The lowest BCUT2D eigenvalue weighted by atomic mass is 10.3. The van der Waals surface area contributed by atoms with Gasteiger partial charge in [-0.25, -0.2) is 9.97 Å². The molecule has 0 radical (unpaired) electrons. The summed E-state index contributed by atoms with van der Waals surface area (Å²) in [5.41, 5.74) is 2.05. The van der Waals surface area contributed by atoms with Crippen LogP contribution in [0.2, 0.25) is 0 Å². The van der Waals surface area contributed by atoms with Crippen molar-refractivity contribution in [2.75, 3.05) is 11.1 Å². The zero-order valence-electron chi connectivity index (χ0n) is 14.6. The van der Waals surface area contributed by atoms with Crippen molar-refractivity contribution in [3.63, 3.8) is 0 Å². The van der Waals surface area contributed by atoms with E-state index in [1.807, 2.05) is 60.7 Å². The Bertz CT molecular complexity index is 1120. The lowest BCUT2D eigenvalue weighted by Gasteiger charge is -2.11. The van der Waals surface area contributed by atoms with E-state index < -0.39 is 0 Å². The fraction of sp³-hybridized carbons (Fsp3) is 0.0500. The van der Waals surface area contributed by atoms with Crippen molar-refractivity contribution in [3.8, 4) is 11.5 Å². The standard InChI is InChI=1S/C20H15BrN4O2S/c21-13-10-16-19(22-11-13)25-20(24-16)28-12-18(26)23-15-8-4-5-9-17(15)27-14-6-2-1-3-7-14/h1-11H,12H2,(H,23,26)(H,22,24,25). The van der Waals surface area contributed by atoms with Crippen LogP contribution in [-0.2, 0) is 4.79 Å². The summed E-state index contributed by atoms with van der Waals surface area (Å²) in [5, 5.41) is 3.54. The maximum atomic E-state index is 12.4. The third-order valence-electron chi connectivity index (χ3n) is 3.75. The van der Waals surface area contributed by atoms with Crippen molar-refractivity contribution in [2.45, 2.75) is 5.16 Å². The first kappa shape index (κ1) is 18.5. The van der Waals surface area contributed by atoms with Gasteiger partial charge in [-0.2, -0.15) is 0 Å². The molecule has 0 atom stereocenters. The Kier molecular flexibility index (Phi) is 5.59. The Morgan fingerprint density at radius 2 is 1.93 bits per heavy atom. The lowest BCUT2D eigenvalue weighted by Crippen LogP contribution is -2.14. The van der Waals surface area contributed by atoms with Gasteiger partial charge in [-0.1, -0.05) is 42.1 Å². The number of nitrogens with one attached hydrogen (secondary N) is 2. The van der Waals surface area contributed by atoms with Crippen LogP contribution in [-0.4, -0.2) is 26.6 Å². The number of fused-ring (bicyclic) bond motifs is 1. The highest BCUT2D eigenvalue weighted by Gasteiger charge is 2.11. The van der Waals surface area contributed by atoms with Crippen LogP contribution in [0.3, 0.4) is 0 Å². The number of ether oxygens (including phenoxy) is 1. The molecule has 0 saturated heterocycles. The summed E-state index contributed by atoms with van der Waals surface area (Å²) >= 11 is 4.69. The molecule has 2 aromatic heterocycles. The number of hydrogen-bond acceptors (Lipinski definition) is 5. The van der Waals surface area contributed by atoms with E-state index in [0.717, 1.165) is 9.99 Å². The number of aromatic amines is 1. The van der Waals surface area contributed by atoms with E-state index in [1.165, 1.54) is 11.8 Å². The third kappa shape index (κ3) is 4.52. The molecule has 0 bridgehead atoms. The van der Waals surface area contributed by atoms with Crippen molar-refractivity contribution in [1.82, 2.24) is 15.0 Å². The minimum absolute atomic E-state index is 0.149. The van der Waals surface area contributed by atoms with E-state index in [1.54, 1.807) is 6.20 Å². The second kappa shape index (κ2) is 8.45. The van der Waals surface area contributed by atoms with Gasteiger partial charge in [0.05, 0.1) is 17.0 Å². The number of rotatable bonds is 6. The first-order valence-corrected chi connectivity index (χ1v) is 10.2. The minimum Gasteiger partial charge on any atom is -0.455 e. The third-order valence-corrected chi connectivity index (χ3v) is 5.06. The number of amides is 1. The van der Waals surface area contributed by atoms with Gasteiger partial charge >= 0.3 is 0 Å². The molecule has 2 aromatic carbocycles. The number of H-pyrrole nitrogens is 1. The molecule has 0 fully saturated rings. The van der Waals surface area contributed by atoms with Crippen molar-refractivity contribution in [2.24, 2.45) is 0 Å². The molecule has 4 rings (SSSR count). The molecule has 8 heteroatoms. The summed E-state index contributed by atoms with van der Waals surface area (Å²) in [6.45, 7) is 0. The number of hydrogen-bond donors (Lipinski definition) is 2. The summed E-state index contributed by atoms with van der Waals surface area (Å²) in [5.74, 6) is 1.36. The Morgan fingerprint density at radius 3 is 2.79 bits per heavy atom. The van der Waals surface area contributed by atoms with Crippen LogP contribution in [0.15, 0.2) is 76.5 Å². The van der Waals surface area contributed by atoms with Gasteiger partial charge < -0.3 is 15.0 Å². The minimum atomic E-state index is -0.149. The van der Waals surface area contributed by atoms with Gasteiger partial charge in [0.1, 0.15) is 5.75 Å². The Hall–Kier alpha value is -2.84. The molecule has 4 aromatic rings. The quantitative estimate of drug-likeness (QED) is 0.389. The fourth-order valence-corrected chi connectivity index (χ4v) is 3.52. The Balaban J connectivity index is 1.41. The van der Waals surface area contributed by atoms with E-state index in [2.05, 4.69) is 36.2 Å². The molecule has 6 nitrogen and oxygen atoms in total. The first-order chi connectivity index (χ1) is 13.7. The number of imidazole rings is 1. The summed E-state index contributed by atoms with van der Waals surface area (Å²) in [6.07, 6.45) is 1.69. The van der Waals surface area contributed by atoms with Crippen molar-refractivity contribution in [1.29, 1.82) is 0 Å². The van der Waals surface area contributed by atoms with Gasteiger partial charge in [0.15, 0.2) is 16.6 Å². The smallest absolute Gasteiger partial charge is 0.234 e. The largest absolute Gasteiger partial charge is 0.455 e. The van der Waals surface area contributed by atoms with Crippen molar-refractivity contribution < 1.29 is 9.53 Å². The van der Waals surface area contributed by atoms with Gasteiger partial charge in [0.25, 0.3) is 0 Å². The van der Waals surface area contributed by atoms with Gasteiger partial charge in [0, 0.05) is 10.7 Å². The van der Waals surface area contributed by atoms with E-state index in [0.29, 0.717) is 28.0 Å². The van der Waals surface area contributed by atoms with Crippen LogP contribution >= 0.6 is 27.7 Å². The number of carbonyl (C=O) groups is 1. The van der Waals surface area contributed by atoms with Crippen LogP contribution in [0.5, 0.6) is 11.5 Å². The molecule has 2 heterocycles. The van der Waals surface area contributed by atoms with Gasteiger partial charge in [-0.3, -0.25) is 4.79 Å². The second-order valence-corrected chi connectivity index (χ2v) is 7.69. The molecule has 0 spiro atoms. The molecule has 2 N–H and O–H groups in total. The Labute approximate surface area is 173 Å². The highest BCUT2D eigenvalue weighted by Crippen LogP contribution is 2.29. The molecular weight excluding hydrogens is 440 g/mol. The van der Waals surface area contributed by atoms with Gasteiger partial charge in [-0.05, 0) is 46.3 Å². The highest BCUT2D eigenvalue weighted by atomic mass is 79.9. The zero-order valence-corrected chi connectivity index (χ0v) is 17.0. The number of benzene rings is 2. The van der Waals surface area contributed by atoms with E-state index in [-0.39, 0.29) is 11.7 Å². The summed E-state index contributed by atoms with van der Waals surface area (Å²) in [7, 11) is 0. The van der Waals surface area contributed by atoms with Crippen LogP contribution < -0.4 is 10.1 Å². The predicted octanol–water partition coefficient (Wildman–Crippen LogP) is 5.24. The van der Waals surface area contributed by atoms with E-state index in [4.69, 9.17) is 4.74 Å². The number of thioether (sulfide) groups is 1. The molecule has 0 aliphatic rings. The molecule has 0 saturated carbocycles. The van der Waals surface area contributed by atoms with Crippen LogP contribution in [0.25, 0.3) is 11.2 Å². The zero-order chi connectivity index (χ0) is 19.3. The van der Waals surface area contributed by atoms with Crippen LogP contribution in [0.1, 0.15) is 0 Å². The fourth-order valence-electron chi connectivity index (χ4n) is 2.52. The topological polar surface area (TPSA) is 79.9 Å². The van der Waals surface area contributed by atoms with Crippen LogP contribution in [0.4, 0.5) is 5.69 Å². The average Bonchev–Trinajstić information content (AvgIpc) is 3.11. The number of para-hydroxylation sites is 3. The molecule has 1 amide bonds. The SMILES string of the molecule is O=C(CSc1nc2ncc(Br)cc2[nH]1)Nc1ccccc1Oc1ccccc1. The monoisotopic (exact) mass is 454 g/mol. The summed E-state index contributed by atoms with van der Waals surface area (Å²) < 4.78 is 6.74. The maximum absolute atomic E-state index is 12.4. The molecule has 0 aliphatic heterocycles. The predicted molar refractivity (Wildman–Crippen MR) is 114 cm³/mol. The van der Waals surface area contributed by atoms with Gasteiger partial charge in [-0.15, -0.1) is 0 Å². The highest BCUT2D eigenvalue weighted by molar-refractivity contribution is 9.10. The molecule has 28 heavy (non-hydrogen) atoms. The lowest BCUT2D eigenvalue weighted by molar-refractivity contribution is -0.113. The average molecular weight is 455 g/mol. The maximum Gasteiger partial charge on any atom is 0.234 e. The molecule has 0 unspecified atom stereocenters. The van der Waals surface area contributed by atoms with Gasteiger partial charge in [0.2, 0.25) is 5.91 Å². The van der Waals surface area contributed by atoms with E-state index in [9.17, 15) is 4.79 Å². The summed E-state index contributed by atoms with van der Waals surface area (Å²) in [4.78, 5) is 24.2. The normalized spacial score (nSPS) is 10.8. The molecule has 0 aliphatic carbocycles. The number of nitrogens with zero attached hydrogens (tertiary/aromatic N) is 2. The number of aromatic nitrogens is 3. The number of carbonyl (C=O) groups excluding carboxylic acids is 1. The number of anilines is 1. The van der Waals surface area contributed by atoms with Crippen molar-refractivity contribution in [3.05, 3.63) is 71.3 Å². The van der Waals surface area contributed by atoms with Crippen molar-refractivity contribution >= 4 is 50.5 Å². The second-order valence-electron chi connectivity index (χ2n) is 5.81. The van der Waals surface area contributed by atoms with E-state index >= 15 is 0 Å². The number of halogens is 1. The molecular formula is C20H15BrN4O2S. The first-order valence-electron chi connectivity index (χ1n) is 8.43. The number of pyridine rings is 1.